The van der Waals surface area contributed by atoms with Gasteiger partial charge in [0.2, 0.25) is 6.79 Å². The smallest absolute Gasteiger partial charge is 0.231 e. The lowest BCUT2D eigenvalue weighted by molar-refractivity contribution is 0.174. The zero-order valence-electron chi connectivity index (χ0n) is 19.8. The normalized spacial score (nSPS) is 16.2. The van der Waals surface area contributed by atoms with E-state index in [1.807, 2.05) is 16.9 Å². The van der Waals surface area contributed by atoms with Gasteiger partial charge in [0.25, 0.3) is 0 Å². The number of nitrogens with zero attached hydrogens (tertiary/aromatic N) is 4. The van der Waals surface area contributed by atoms with E-state index in [2.05, 4.69) is 77.6 Å². The number of aryl methyl sites for hydroxylation is 1. The summed E-state index contributed by atoms with van der Waals surface area (Å²) in [4.78, 5) is 4.84. The molecule has 5 rings (SSSR count). The Kier molecular flexibility index (Phi) is 6.13. The number of ether oxygens (including phenoxy) is 2. The quantitative estimate of drug-likeness (QED) is 0.578. The van der Waals surface area contributed by atoms with E-state index in [-0.39, 0.29) is 6.79 Å². The van der Waals surface area contributed by atoms with Crippen LogP contribution in [0.1, 0.15) is 25.3 Å². The number of hydrogen-bond acceptors (Lipinski definition) is 6. The Balaban J connectivity index is 1.28. The Morgan fingerprint density at radius 1 is 1.09 bits per heavy atom. The SMILES string of the molecule is CCn1nccc1-c1cc(CNc2ccc(N(C)C3CCN(C)CC3)cc2)cc2c1OCO2. The Morgan fingerprint density at radius 3 is 2.64 bits per heavy atom. The largest absolute Gasteiger partial charge is 0.454 e. The van der Waals surface area contributed by atoms with Crippen LogP contribution in [0.25, 0.3) is 11.3 Å². The van der Waals surface area contributed by atoms with Crippen molar-refractivity contribution in [3.05, 3.63) is 54.2 Å². The van der Waals surface area contributed by atoms with Crippen molar-refractivity contribution in [3.63, 3.8) is 0 Å². The van der Waals surface area contributed by atoms with Crippen molar-refractivity contribution in [2.75, 3.05) is 44.2 Å². The molecule has 3 heterocycles. The zero-order valence-corrected chi connectivity index (χ0v) is 19.8. The van der Waals surface area contributed by atoms with Gasteiger partial charge in [-0.3, -0.25) is 4.68 Å². The molecule has 0 radical (unpaired) electrons. The number of fused-ring (bicyclic) bond motifs is 1. The van der Waals surface area contributed by atoms with E-state index in [0.29, 0.717) is 12.6 Å². The lowest BCUT2D eigenvalue weighted by atomic mass is 10.0. The molecule has 7 nitrogen and oxygen atoms in total. The lowest BCUT2D eigenvalue weighted by Gasteiger charge is -2.36. The first-order valence-electron chi connectivity index (χ1n) is 11.8. The Labute approximate surface area is 195 Å². The summed E-state index contributed by atoms with van der Waals surface area (Å²) in [6, 6.07) is 15.6. The van der Waals surface area contributed by atoms with Gasteiger partial charge in [0.05, 0.1) is 5.69 Å². The summed E-state index contributed by atoms with van der Waals surface area (Å²) in [5.74, 6) is 1.60. The van der Waals surface area contributed by atoms with Crippen LogP contribution in [0.4, 0.5) is 11.4 Å². The highest BCUT2D eigenvalue weighted by Crippen LogP contribution is 2.42. The van der Waals surface area contributed by atoms with Crippen LogP contribution in [-0.2, 0) is 13.1 Å². The maximum absolute atomic E-state index is 5.77. The van der Waals surface area contributed by atoms with Gasteiger partial charge < -0.3 is 24.6 Å². The third-order valence-corrected chi connectivity index (χ3v) is 6.83. The maximum atomic E-state index is 5.77. The summed E-state index contributed by atoms with van der Waals surface area (Å²) in [6.07, 6.45) is 4.27. The summed E-state index contributed by atoms with van der Waals surface area (Å²) in [5.41, 5.74) is 5.59. The minimum Gasteiger partial charge on any atom is -0.454 e. The number of benzene rings is 2. The molecule has 1 saturated heterocycles. The number of piperidine rings is 1. The highest BCUT2D eigenvalue weighted by atomic mass is 16.7. The summed E-state index contributed by atoms with van der Waals surface area (Å²) in [7, 11) is 4.42. The number of likely N-dealkylation sites (tertiary alicyclic amines) is 1. The van der Waals surface area contributed by atoms with E-state index in [4.69, 9.17) is 9.47 Å². The van der Waals surface area contributed by atoms with Gasteiger partial charge in [-0.25, -0.2) is 0 Å². The van der Waals surface area contributed by atoms with Gasteiger partial charge in [0.15, 0.2) is 11.5 Å². The van der Waals surface area contributed by atoms with Crippen molar-refractivity contribution in [3.8, 4) is 22.8 Å². The fourth-order valence-electron chi connectivity index (χ4n) is 4.78. The van der Waals surface area contributed by atoms with E-state index in [0.717, 1.165) is 40.6 Å². The van der Waals surface area contributed by atoms with E-state index in [9.17, 15) is 0 Å². The van der Waals surface area contributed by atoms with Crippen molar-refractivity contribution in [1.29, 1.82) is 0 Å². The monoisotopic (exact) mass is 447 g/mol. The van der Waals surface area contributed by atoms with Gasteiger partial charge in [-0.2, -0.15) is 5.10 Å². The van der Waals surface area contributed by atoms with Crippen LogP contribution < -0.4 is 19.7 Å². The van der Waals surface area contributed by atoms with Crippen molar-refractivity contribution in [2.45, 2.75) is 38.9 Å². The predicted octanol–water partition coefficient (Wildman–Crippen LogP) is 4.44. The lowest BCUT2D eigenvalue weighted by Crippen LogP contribution is -2.41. The van der Waals surface area contributed by atoms with E-state index in [1.54, 1.807) is 0 Å². The van der Waals surface area contributed by atoms with Crippen LogP contribution in [0.2, 0.25) is 0 Å². The summed E-state index contributed by atoms with van der Waals surface area (Å²) < 4.78 is 13.5. The Morgan fingerprint density at radius 2 is 1.88 bits per heavy atom. The van der Waals surface area contributed by atoms with Crippen molar-refractivity contribution in [1.82, 2.24) is 14.7 Å². The average molecular weight is 448 g/mol. The Bertz CT molecular complexity index is 1090. The summed E-state index contributed by atoms with van der Waals surface area (Å²) >= 11 is 0. The van der Waals surface area contributed by atoms with Crippen LogP contribution in [0.15, 0.2) is 48.7 Å². The number of aromatic nitrogens is 2. The van der Waals surface area contributed by atoms with E-state index in [1.165, 1.54) is 31.6 Å². The molecule has 2 aliphatic rings. The van der Waals surface area contributed by atoms with Crippen LogP contribution in [0, 0.1) is 0 Å². The number of hydrogen-bond donors (Lipinski definition) is 1. The molecular weight excluding hydrogens is 414 g/mol. The molecule has 0 amide bonds. The number of rotatable bonds is 7. The Hall–Kier alpha value is -3.19. The molecule has 1 N–H and O–H groups in total. The molecule has 174 valence electrons. The highest BCUT2D eigenvalue weighted by molar-refractivity contribution is 5.73. The molecule has 33 heavy (non-hydrogen) atoms. The first kappa shape index (κ1) is 21.6. The minimum absolute atomic E-state index is 0.256. The first-order valence-corrected chi connectivity index (χ1v) is 11.8. The minimum atomic E-state index is 0.256. The molecule has 0 aliphatic carbocycles. The molecular formula is C26H33N5O2. The number of anilines is 2. The summed E-state index contributed by atoms with van der Waals surface area (Å²) in [5, 5.41) is 7.98. The molecule has 3 aromatic rings. The molecule has 0 atom stereocenters. The first-order chi connectivity index (χ1) is 16.1. The fraction of sp³-hybridized carbons (Fsp3) is 0.423. The van der Waals surface area contributed by atoms with Gasteiger partial charge in [0, 0.05) is 49.3 Å². The van der Waals surface area contributed by atoms with Gasteiger partial charge in [-0.1, -0.05) is 0 Å². The van der Waals surface area contributed by atoms with Crippen molar-refractivity contribution < 1.29 is 9.47 Å². The van der Waals surface area contributed by atoms with Gasteiger partial charge in [-0.05, 0) is 87.9 Å². The van der Waals surface area contributed by atoms with Crippen molar-refractivity contribution in [2.24, 2.45) is 0 Å². The predicted molar refractivity (Wildman–Crippen MR) is 132 cm³/mol. The molecule has 0 bridgehead atoms. The van der Waals surface area contributed by atoms with E-state index >= 15 is 0 Å². The molecule has 0 unspecified atom stereocenters. The standard InChI is InChI=1S/C26H33N5O2/c1-4-31-24(9-12-28-31)23-15-19(16-25-26(23)33-18-32-25)17-27-20-5-7-21(8-6-20)30(3)22-10-13-29(2)14-11-22/h5-9,12,15-16,22,27H,4,10-11,13-14,17-18H2,1-3H3. The van der Waals surface area contributed by atoms with E-state index < -0.39 is 0 Å². The van der Waals surface area contributed by atoms with Gasteiger partial charge >= 0.3 is 0 Å². The summed E-state index contributed by atoms with van der Waals surface area (Å²) in [6.45, 7) is 6.20. The van der Waals surface area contributed by atoms with Crippen LogP contribution >= 0.6 is 0 Å². The average Bonchev–Trinajstić information content (AvgIpc) is 3.52. The van der Waals surface area contributed by atoms with Crippen LogP contribution in [0.5, 0.6) is 11.5 Å². The van der Waals surface area contributed by atoms with Gasteiger partial charge in [-0.15, -0.1) is 0 Å². The van der Waals surface area contributed by atoms with Crippen molar-refractivity contribution >= 4 is 11.4 Å². The van der Waals surface area contributed by atoms with Gasteiger partial charge in [0.1, 0.15) is 0 Å². The second-order valence-electron chi connectivity index (χ2n) is 8.96. The third kappa shape index (κ3) is 4.50. The highest BCUT2D eigenvalue weighted by Gasteiger charge is 2.23. The molecule has 1 fully saturated rings. The molecule has 0 saturated carbocycles. The topological polar surface area (TPSA) is 54.8 Å². The maximum Gasteiger partial charge on any atom is 0.231 e. The van der Waals surface area contributed by atoms with Crippen LogP contribution in [0.3, 0.4) is 0 Å². The molecule has 2 aromatic carbocycles. The molecule has 2 aliphatic heterocycles. The number of nitrogens with one attached hydrogen (secondary N) is 1. The molecule has 1 aromatic heterocycles. The third-order valence-electron chi connectivity index (χ3n) is 6.83. The molecule has 0 spiro atoms. The van der Waals surface area contributed by atoms with Crippen LogP contribution in [-0.4, -0.2) is 54.7 Å². The second-order valence-corrected chi connectivity index (χ2v) is 8.96. The molecule has 7 heteroatoms. The second kappa shape index (κ2) is 9.35. The zero-order chi connectivity index (χ0) is 22.8. The fourth-order valence-corrected chi connectivity index (χ4v) is 4.78.